The second-order valence-corrected chi connectivity index (χ2v) is 7.52. The molecule has 28 heavy (non-hydrogen) atoms. The van der Waals surface area contributed by atoms with E-state index in [4.69, 9.17) is 23.2 Å². The van der Waals surface area contributed by atoms with E-state index in [0.29, 0.717) is 22.2 Å². The maximum atomic E-state index is 12.8. The van der Waals surface area contributed by atoms with Crippen molar-refractivity contribution in [1.29, 1.82) is 0 Å². The Bertz CT molecular complexity index is 980. The summed E-state index contributed by atoms with van der Waals surface area (Å²) in [6.07, 6.45) is 0. The third-order valence-electron chi connectivity index (χ3n) is 4.62. The molecule has 1 aromatic heterocycles. The molecule has 0 spiro atoms. The number of nitrogens with zero attached hydrogens (tertiary/aromatic N) is 1. The molecule has 5 nitrogen and oxygen atoms in total. The van der Waals surface area contributed by atoms with Gasteiger partial charge in [-0.05, 0) is 50.6 Å². The summed E-state index contributed by atoms with van der Waals surface area (Å²) in [6.45, 7) is 6.32. The molecule has 0 bridgehead atoms. The molecule has 1 amide bonds. The molecule has 2 aromatic carbocycles. The van der Waals surface area contributed by atoms with Gasteiger partial charge in [0.25, 0.3) is 5.91 Å². The van der Waals surface area contributed by atoms with E-state index >= 15 is 0 Å². The van der Waals surface area contributed by atoms with Gasteiger partial charge < -0.3 is 10.6 Å². The topological polar surface area (TPSA) is 69.8 Å². The Kier molecular flexibility index (Phi) is 6.27. The van der Waals surface area contributed by atoms with Crippen molar-refractivity contribution in [2.24, 2.45) is 0 Å². The normalized spacial score (nSPS) is 11.9. The van der Waals surface area contributed by atoms with Crippen molar-refractivity contribution in [2.45, 2.75) is 33.4 Å². The van der Waals surface area contributed by atoms with E-state index in [-0.39, 0.29) is 11.9 Å². The highest BCUT2D eigenvalue weighted by Crippen LogP contribution is 2.26. The van der Waals surface area contributed by atoms with Crippen LogP contribution in [0.5, 0.6) is 0 Å². The van der Waals surface area contributed by atoms with E-state index in [1.807, 2.05) is 45.0 Å². The molecule has 3 rings (SSSR count). The Morgan fingerprint density at radius 2 is 1.93 bits per heavy atom. The van der Waals surface area contributed by atoms with Crippen molar-refractivity contribution in [1.82, 2.24) is 15.5 Å². The number of amides is 1. The lowest BCUT2D eigenvalue weighted by molar-refractivity contribution is 0.0951. The van der Waals surface area contributed by atoms with Crippen molar-refractivity contribution in [3.05, 3.63) is 80.6 Å². The van der Waals surface area contributed by atoms with Crippen LogP contribution in [-0.4, -0.2) is 16.1 Å². The molecule has 0 aliphatic rings. The highest BCUT2D eigenvalue weighted by atomic mass is 35.5. The van der Waals surface area contributed by atoms with Crippen LogP contribution in [0.3, 0.4) is 0 Å². The number of aromatic amines is 1. The number of H-pyrrole nitrogens is 1. The molecule has 0 radical (unpaired) electrons. The number of aryl methyl sites for hydroxylation is 2. The van der Waals surface area contributed by atoms with Crippen LogP contribution in [-0.2, 0) is 6.54 Å². The van der Waals surface area contributed by atoms with Gasteiger partial charge in [-0.2, -0.15) is 5.10 Å². The van der Waals surface area contributed by atoms with Gasteiger partial charge in [-0.15, -0.1) is 0 Å². The predicted octanol–water partition coefficient (Wildman–Crippen LogP) is 5.44. The van der Waals surface area contributed by atoms with Crippen LogP contribution >= 0.6 is 23.2 Å². The predicted molar refractivity (Wildman–Crippen MR) is 114 cm³/mol. The van der Waals surface area contributed by atoms with E-state index in [1.54, 1.807) is 18.2 Å². The first-order chi connectivity index (χ1) is 13.4. The van der Waals surface area contributed by atoms with Crippen molar-refractivity contribution in [3.63, 3.8) is 0 Å². The molecular weight excluding hydrogens is 395 g/mol. The number of benzene rings is 2. The molecule has 0 aliphatic heterocycles. The minimum Gasteiger partial charge on any atom is -0.378 e. The van der Waals surface area contributed by atoms with Gasteiger partial charge in [0.2, 0.25) is 0 Å². The lowest BCUT2D eigenvalue weighted by Crippen LogP contribution is -2.24. The van der Waals surface area contributed by atoms with Gasteiger partial charge in [-0.1, -0.05) is 41.4 Å². The third kappa shape index (κ3) is 4.49. The SMILES string of the molecule is Cc1n[nH]c(C)c1C(C)Nc1ccccc1C(=O)NCc1ccc(Cl)cc1Cl. The smallest absolute Gasteiger partial charge is 0.253 e. The summed E-state index contributed by atoms with van der Waals surface area (Å²) < 4.78 is 0. The number of nitrogens with one attached hydrogen (secondary N) is 3. The number of carbonyl (C=O) groups is 1. The van der Waals surface area contributed by atoms with Gasteiger partial charge in [0.1, 0.15) is 0 Å². The fraction of sp³-hybridized carbons (Fsp3) is 0.238. The van der Waals surface area contributed by atoms with Gasteiger partial charge >= 0.3 is 0 Å². The molecule has 7 heteroatoms. The first-order valence-electron chi connectivity index (χ1n) is 8.96. The second-order valence-electron chi connectivity index (χ2n) is 6.68. The summed E-state index contributed by atoms with van der Waals surface area (Å²) >= 11 is 12.1. The van der Waals surface area contributed by atoms with E-state index in [0.717, 1.165) is 28.2 Å². The highest BCUT2D eigenvalue weighted by molar-refractivity contribution is 6.35. The summed E-state index contributed by atoms with van der Waals surface area (Å²) in [6, 6.07) is 12.7. The maximum absolute atomic E-state index is 12.8. The quantitative estimate of drug-likeness (QED) is 0.501. The van der Waals surface area contributed by atoms with Crippen molar-refractivity contribution < 1.29 is 4.79 Å². The summed E-state index contributed by atoms with van der Waals surface area (Å²) in [5.74, 6) is -0.179. The zero-order chi connectivity index (χ0) is 20.3. The minimum absolute atomic E-state index is 0.00147. The molecule has 146 valence electrons. The van der Waals surface area contributed by atoms with Crippen LogP contribution in [0, 0.1) is 13.8 Å². The number of carbonyl (C=O) groups excluding carboxylic acids is 1. The monoisotopic (exact) mass is 416 g/mol. The fourth-order valence-electron chi connectivity index (χ4n) is 3.25. The molecule has 1 unspecified atom stereocenters. The standard InChI is InChI=1S/C21H22Cl2N4O/c1-12(20-13(2)26-27-14(20)3)25-19-7-5-4-6-17(19)21(28)24-11-15-8-9-16(22)10-18(15)23/h4-10,12,25H,11H2,1-3H3,(H,24,28)(H,26,27). The molecule has 0 fully saturated rings. The highest BCUT2D eigenvalue weighted by Gasteiger charge is 2.17. The van der Waals surface area contributed by atoms with Crippen LogP contribution in [0.1, 0.15) is 45.8 Å². The number of para-hydroxylation sites is 1. The molecule has 1 atom stereocenters. The van der Waals surface area contributed by atoms with Gasteiger partial charge in [0, 0.05) is 33.5 Å². The summed E-state index contributed by atoms with van der Waals surface area (Å²) in [5.41, 5.74) is 5.19. The Balaban J connectivity index is 1.75. The summed E-state index contributed by atoms with van der Waals surface area (Å²) in [5, 5.41) is 14.7. The first-order valence-corrected chi connectivity index (χ1v) is 9.71. The van der Waals surface area contributed by atoms with E-state index in [2.05, 4.69) is 20.8 Å². The van der Waals surface area contributed by atoms with Gasteiger partial charge in [-0.25, -0.2) is 0 Å². The molecule has 3 N–H and O–H groups in total. The number of hydrogen-bond acceptors (Lipinski definition) is 3. The van der Waals surface area contributed by atoms with Gasteiger partial charge in [0.05, 0.1) is 17.3 Å². The number of aromatic nitrogens is 2. The van der Waals surface area contributed by atoms with E-state index in [1.165, 1.54) is 0 Å². The molecule has 3 aromatic rings. The van der Waals surface area contributed by atoms with Crippen LogP contribution in [0.2, 0.25) is 10.0 Å². The summed E-state index contributed by atoms with van der Waals surface area (Å²) in [7, 11) is 0. The minimum atomic E-state index is -0.179. The number of hydrogen-bond donors (Lipinski definition) is 3. The average molecular weight is 417 g/mol. The Labute approximate surface area is 174 Å². The van der Waals surface area contributed by atoms with Crippen LogP contribution in [0.15, 0.2) is 42.5 Å². The maximum Gasteiger partial charge on any atom is 0.253 e. The molecule has 1 heterocycles. The largest absolute Gasteiger partial charge is 0.378 e. The fourth-order valence-corrected chi connectivity index (χ4v) is 3.72. The van der Waals surface area contributed by atoms with E-state index in [9.17, 15) is 4.79 Å². The first kappa shape index (κ1) is 20.2. The zero-order valence-electron chi connectivity index (χ0n) is 15.9. The van der Waals surface area contributed by atoms with Crippen LogP contribution in [0.25, 0.3) is 0 Å². The molecule has 0 saturated heterocycles. The van der Waals surface area contributed by atoms with Crippen LogP contribution in [0.4, 0.5) is 5.69 Å². The number of rotatable bonds is 6. The lowest BCUT2D eigenvalue weighted by Gasteiger charge is -2.18. The third-order valence-corrected chi connectivity index (χ3v) is 5.20. The Morgan fingerprint density at radius 3 is 2.61 bits per heavy atom. The van der Waals surface area contributed by atoms with Crippen LogP contribution < -0.4 is 10.6 Å². The van der Waals surface area contributed by atoms with Crippen molar-refractivity contribution in [2.75, 3.05) is 5.32 Å². The van der Waals surface area contributed by atoms with Crippen molar-refractivity contribution in [3.8, 4) is 0 Å². The van der Waals surface area contributed by atoms with Gasteiger partial charge in [0.15, 0.2) is 0 Å². The zero-order valence-corrected chi connectivity index (χ0v) is 17.4. The lowest BCUT2D eigenvalue weighted by atomic mass is 10.0. The molecule has 0 aliphatic carbocycles. The number of halogens is 2. The molecular formula is C21H22Cl2N4O. The average Bonchev–Trinajstić information content (AvgIpc) is 2.99. The second kappa shape index (κ2) is 8.67. The van der Waals surface area contributed by atoms with Crippen molar-refractivity contribution >= 4 is 34.8 Å². The Morgan fingerprint density at radius 1 is 1.18 bits per heavy atom. The Hall–Kier alpha value is -2.50. The number of anilines is 1. The van der Waals surface area contributed by atoms with Gasteiger partial charge in [-0.3, -0.25) is 9.89 Å². The summed E-state index contributed by atoms with van der Waals surface area (Å²) in [4.78, 5) is 12.8. The molecule has 0 saturated carbocycles. The van der Waals surface area contributed by atoms with E-state index < -0.39 is 0 Å².